The van der Waals surface area contributed by atoms with Crippen LogP contribution in [-0.2, 0) is 0 Å². The number of hydrogen-bond acceptors (Lipinski definition) is 0. The third kappa shape index (κ3) is 1.97. The van der Waals surface area contributed by atoms with E-state index in [1.54, 1.807) is 0 Å². The van der Waals surface area contributed by atoms with Crippen molar-refractivity contribution < 1.29 is 0 Å². The molecule has 0 aliphatic heterocycles. The first kappa shape index (κ1) is 9.05. The highest BCUT2D eigenvalue weighted by Gasteiger charge is 2.14. The second kappa shape index (κ2) is 3.57. The molecule has 0 aromatic heterocycles. The van der Waals surface area contributed by atoms with E-state index in [0.29, 0.717) is 0 Å². The van der Waals surface area contributed by atoms with Crippen molar-refractivity contribution >= 4 is 0 Å². The normalized spacial score (nSPS) is 28.0. The first-order chi connectivity index (χ1) is 5.70. The topological polar surface area (TPSA) is 0 Å². The molecule has 0 nitrogen and oxygen atoms in total. The molecule has 0 bridgehead atoms. The van der Waals surface area contributed by atoms with E-state index in [4.69, 9.17) is 0 Å². The number of rotatable bonds is 2. The second-order valence-electron chi connectivity index (χ2n) is 3.42. The maximum atomic E-state index is 3.75. The quantitative estimate of drug-likeness (QED) is 0.578. The van der Waals surface area contributed by atoms with E-state index < -0.39 is 0 Å². The van der Waals surface area contributed by atoms with Gasteiger partial charge in [0.2, 0.25) is 0 Å². The van der Waals surface area contributed by atoms with Gasteiger partial charge >= 0.3 is 0 Å². The first-order valence-electron chi connectivity index (χ1n) is 4.41. The fraction of sp³-hybridized carbons (Fsp3) is 0.333. The van der Waals surface area contributed by atoms with E-state index in [1.807, 2.05) is 6.08 Å². The van der Waals surface area contributed by atoms with Crippen molar-refractivity contribution in [3.8, 4) is 0 Å². The molecule has 0 aromatic carbocycles. The van der Waals surface area contributed by atoms with Gasteiger partial charge in [0.05, 0.1) is 0 Å². The zero-order valence-electron chi connectivity index (χ0n) is 7.88. The molecular weight excluding hydrogens is 144 g/mol. The summed E-state index contributed by atoms with van der Waals surface area (Å²) in [5.74, 6) is 0. The maximum absolute atomic E-state index is 3.75. The van der Waals surface area contributed by atoms with Crippen molar-refractivity contribution in [1.29, 1.82) is 0 Å². The van der Waals surface area contributed by atoms with Gasteiger partial charge in [-0.25, -0.2) is 0 Å². The SMILES string of the molecule is C=CC1=CC=CC(C)(CC)C=C1. The average molecular weight is 160 g/mol. The summed E-state index contributed by atoms with van der Waals surface area (Å²) in [7, 11) is 0. The highest BCUT2D eigenvalue weighted by molar-refractivity contribution is 5.37. The van der Waals surface area contributed by atoms with Gasteiger partial charge in [-0.15, -0.1) is 0 Å². The van der Waals surface area contributed by atoms with Crippen molar-refractivity contribution in [2.24, 2.45) is 5.41 Å². The van der Waals surface area contributed by atoms with Crippen LogP contribution in [0, 0.1) is 5.41 Å². The van der Waals surface area contributed by atoms with Crippen molar-refractivity contribution in [3.63, 3.8) is 0 Å². The van der Waals surface area contributed by atoms with Crippen LogP contribution in [0.3, 0.4) is 0 Å². The molecule has 1 aliphatic rings. The summed E-state index contributed by atoms with van der Waals surface area (Å²) < 4.78 is 0. The van der Waals surface area contributed by atoms with Crippen LogP contribution in [0.1, 0.15) is 20.3 Å². The van der Waals surface area contributed by atoms with E-state index in [-0.39, 0.29) is 5.41 Å². The van der Waals surface area contributed by atoms with Crippen LogP contribution in [0.15, 0.2) is 48.6 Å². The van der Waals surface area contributed by atoms with Crippen LogP contribution < -0.4 is 0 Å². The summed E-state index contributed by atoms with van der Waals surface area (Å²) in [6.45, 7) is 8.18. The van der Waals surface area contributed by atoms with E-state index in [1.165, 1.54) is 5.57 Å². The first-order valence-corrected chi connectivity index (χ1v) is 4.41. The van der Waals surface area contributed by atoms with Crippen LogP contribution in [0.2, 0.25) is 0 Å². The predicted octanol–water partition coefficient (Wildman–Crippen LogP) is 3.64. The van der Waals surface area contributed by atoms with E-state index in [2.05, 4.69) is 50.8 Å². The van der Waals surface area contributed by atoms with E-state index >= 15 is 0 Å². The van der Waals surface area contributed by atoms with Crippen LogP contribution in [0.25, 0.3) is 0 Å². The average Bonchev–Trinajstić information content (AvgIpc) is 2.28. The Hall–Kier alpha value is -1.04. The van der Waals surface area contributed by atoms with Gasteiger partial charge in [0, 0.05) is 5.41 Å². The van der Waals surface area contributed by atoms with Crippen molar-refractivity contribution in [3.05, 3.63) is 48.6 Å². The zero-order valence-corrected chi connectivity index (χ0v) is 7.88. The third-order valence-electron chi connectivity index (χ3n) is 2.42. The summed E-state index contributed by atoms with van der Waals surface area (Å²) in [6.07, 6.45) is 13.8. The number of allylic oxidation sites excluding steroid dienone is 7. The zero-order chi connectivity index (χ0) is 9.03. The molecule has 0 aromatic rings. The molecule has 0 heteroatoms. The lowest BCUT2D eigenvalue weighted by molar-refractivity contribution is 0.531. The molecule has 1 atom stereocenters. The van der Waals surface area contributed by atoms with Crippen LogP contribution in [0.4, 0.5) is 0 Å². The lowest BCUT2D eigenvalue weighted by atomic mass is 9.87. The Balaban J connectivity index is 2.89. The summed E-state index contributed by atoms with van der Waals surface area (Å²) in [6, 6.07) is 0. The standard InChI is InChI=1S/C12H16/c1-4-11-7-6-9-12(3,5-2)10-8-11/h4,6-10H,1,5H2,2-3H3. The van der Waals surface area contributed by atoms with Crippen molar-refractivity contribution in [1.82, 2.24) is 0 Å². The molecule has 0 amide bonds. The maximum Gasteiger partial charge on any atom is 0.00365 e. The molecule has 0 saturated carbocycles. The predicted molar refractivity (Wildman–Crippen MR) is 55.0 cm³/mol. The Labute approximate surface area is 75.0 Å². The molecule has 1 aliphatic carbocycles. The van der Waals surface area contributed by atoms with Crippen LogP contribution in [-0.4, -0.2) is 0 Å². The monoisotopic (exact) mass is 160 g/mol. The van der Waals surface area contributed by atoms with Gasteiger partial charge in [-0.05, 0) is 12.0 Å². The molecule has 12 heavy (non-hydrogen) atoms. The van der Waals surface area contributed by atoms with Gasteiger partial charge in [-0.1, -0.05) is 56.9 Å². The molecule has 0 N–H and O–H groups in total. The molecule has 0 spiro atoms. The smallest absolute Gasteiger partial charge is 0.00365 e. The Morgan fingerprint density at radius 3 is 2.83 bits per heavy atom. The van der Waals surface area contributed by atoms with Crippen molar-refractivity contribution in [2.75, 3.05) is 0 Å². The molecule has 64 valence electrons. The summed E-state index contributed by atoms with van der Waals surface area (Å²) in [4.78, 5) is 0. The van der Waals surface area contributed by atoms with Gasteiger partial charge in [0.25, 0.3) is 0 Å². The minimum Gasteiger partial charge on any atom is -0.0985 e. The molecule has 0 heterocycles. The minimum absolute atomic E-state index is 0.223. The van der Waals surface area contributed by atoms with Gasteiger partial charge in [0.15, 0.2) is 0 Å². The number of hydrogen-bond donors (Lipinski definition) is 0. The van der Waals surface area contributed by atoms with Gasteiger partial charge in [-0.2, -0.15) is 0 Å². The highest BCUT2D eigenvalue weighted by atomic mass is 14.2. The fourth-order valence-electron chi connectivity index (χ4n) is 1.15. The lowest BCUT2D eigenvalue weighted by Gasteiger charge is -2.17. The Morgan fingerprint density at radius 2 is 2.25 bits per heavy atom. The van der Waals surface area contributed by atoms with Gasteiger partial charge < -0.3 is 0 Å². The second-order valence-corrected chi connectivity index (χ2v) is 3.42. The highest BCUT2D eigenvalue weighted by Crippen LogP contribution is 2.27. The third-order valence-corrected chi connectivity index (χ3v) is 2.42. The largest absolute Gasteiger partial charge is 0.0985 e. The van der Waals surface area contributed by atoms with Crippen molar-refractivity contribution in [2.45, 2.75) is 20.3 Å². The molecule has 1 unspecified atom stereocenters. The Bertz CT molecular complexity index is 253. The lowest BCUT2D eigenvalue weighted by Crippen LogP contribution is -2.06. The van der Waals surface area contributed by atoms with Crippen LogP contribution in [0.5, 0.6) is 0 Å². The van der Waals surface area contributed by atoms with Crippen LogP contribution >= 0.6 is 0 Å². The van der Waals surface area contributed by atoms with Gasteiger partial charge in [-0.3, -0.25) is 0 Å². The summed E-state index contributed by atoms with van der Waals surface area (Å²) in [5.41, 5.74) is 1.41. The molecule has 0 radical (unpaired) electrons. The van der Waals surface area contributed by atoms with E-state index in [0.717, 1.165) is 6.42 Å². The molecular formula is C12H16. The molecule has 0 fully saturated rings. The van der Waals surface area contributed by atoms with E-state index in [9.17, 15) is 0 Å². The Kier molecular flexibility index (Phi) is 2.69. The minimum atomic E-state index is 0.223. The molecule has 0 saturated heterocycles. The summed E-state index contributed by atoms with van der Waals surface area (Å²) >= 11 is 0. The summed E-state index contributed by atoms with van der Waals surface area (Å²) in [5, 5.41) is 0. The van der Waals surface area contributed by atoms with Gasteiger partial charge in [0.1, 0.15) is 0 Å². The fourth-order valence-corrected chi connectivity index (χ4v) is 1.15. The Morgan fingerprint density at radius 1 is 1.50 bits per heavy atom. The molecule has 1 rings (SSSR count).